The van der Waals surface area contributed by atoms with Crippen molar-refractivity contribution >= 4 is 11.7 Å². The van der Waals surface area contributed by atoms with Gasteiger partial charge in [-0.2, -0.15) is 0 Å². The first-order valence-corrected chi connectivity index (χ1v) is 10.4. The Labute approximate surface area is 161 Å². The Hall–Kier alpha value is -1.73. The van der Waals surface area contributed by atoms with Gasteiger partial charge in [-0.25, -0.2) is 9.97 Å². The summed E-state index contributed by atoms with van der Waals surface area (Å²) in [6.07, 6.45) is 12.7. The fourth-order valence-electron chi connectivity index (χ4n) is 4.35. The number of amides is 1. The van der Waals surface area contributed by atoms with Gasteiger partial charge >= 0.3 is 0 Å². The van der Waals surface area contributed by atoms with Crippen LogP contribution in [0.5, 0.6) is 0 Å². The fourth-order valence-corrected chi connectivity index (χ4v) is 4.35. The first kappa shape index (κ1) is 18.6. The largest absolute Gasteiger partial charge is 0.375 e. The van der Waals surface area contributed by atoms with Crippen LogP contribution in [0.25, 0.3) is 0 Å². The summed E-state index contributed by atoms with van der Waals surface area (Å²) in [4.78, 5) is 25.1. The summed E-state index contributed by atoms with van der Waals surface area (Å²) in [5, 5.41) is 2.57. The van der Waals surface area contributed by atoms with Gasteiger partial charge in [0.25, 0.3) is 5.91 Å². The highest BCUT2D eigenvalue weighted by molar-refractivity contribution is 5.91. The molecule has 2 aliphatic heterocycles. The van der Waals surface area contributed by atoms with Crippen molar-refractivity contribution in [2.24, 2.45) is 0 Å². The summed E-state index contributed by atoms with van der Waals surface area (Å²) in [5.74, 6) is 0.638. The van der Waals surface area contributed by atoms with E-state index in [4.69, 9.17) is 4.74 Å². The molecule has 1 aromatic rings. The van der Waals surface area contributed by atoms with Crippen LogP contribution in [0.15, 0.2) is 12.4 Å². The van der Waals surface area contributed by atoms with E-state index in [9.17, 15) is 4.79 Å². The molecule has 27 heavy (non-hydrogen) atoms. The summed E-state index contributed by atoms with van der Waals surface area (Å²) in [6, 6.07) is 0.866. The highest BCUT2D eigenvalue weighted by Gasteiger charge is 2.30. The molecule has 0 aromatic carbocycles. The van der Waals surface area contributed by atoms with Crippen molar-refractivity contribution in [1.29, 1.82) is 0 Å². The molecule has 0 unspecified atom stereocenters. The molecular formula is C20H31N5O2. The van der Waals surface area contributed by atoms with Crippen molar-refractivity contribution in [1.82, 2.24) is 20.2 Å². The van der Waals surface area contributed by atoms with Crippen LogP contribution in [0.2, 0.25) is 0 Å². The highest BCUT2D eigenvalue weighted by atomic mass is 16.5. The molecule has 7 heteroatoms. The maximum atomic E-state index is 11.6. The van der Waals surface area contributed by atoms with E-state index in [0.717, 1.165) is 37.8 Å². The van der Waals surface area contributed by atoms with Crippen molar-refractivity contribution < 1.29 is 9.53 Å². The van der Waals surface area contributed by atoms with E-state index < -0.39 is 0 Å². The summed E-state index contributed by atoms with van der Waals surface area (Å²) < 4.78 is 6.42. The smallest absolute Gasteiger partial charge is 0.271 e. The number of nitrogens with one attached hydrogen (secondary N) is 1. The Morgan fingerprint density at radius 1 is 1.00 bits per heavy atom. The van der Waals surface area contributed by atoms with Gasteiger partial charge in [0.05, 0.1) is 24.6 Å². The molecule has 3 heterocycles. The minimum atomic E-state index is -0.204. The van der Waals surface area contributed by atoms with Crippen LogP contribution in [-0.4, -0.2) is 72.3 Å². The number of hydrogen-bond acceptors (Lipinski definition) is 6. The summed E-state index contributed by atoms with van der Waals surface area (Å²) in [6.45, 7) is 4.28. The molecule has 2 saturated heterocycles. The zero-order valence-electron chi connectivity index (χ0n) is 16.3. The minimum Gasteiger partial charge on any atom is -0.375 e. The average molecular weight is 374 g/mol. The Bertz CT molecular complexity index is 618. The lowest BCUT2D eigenvalue weighted by molar-refractivity contribution is -0.0598. The first-order valence-electron chi connectivity index (χ1n) is 10.4. The third-order valence-electron chi connectivity index (χ3n) is 6.32. The van der Waals surface area contributed by atoms with Crippen LogP contribution in [0.4, 0.5) is 5.82 Å². The van der Waals surface area contributed by atoms with Crippen LogP contribution in [0.3, 0.4) is 0 Å². The number of anilines is 1. The Morgan fingerprint density at radius 3 is 2.19 bits per heavy atom. The van der Waals surface area contributed by atoms with Crippen LogP contribution in [0.1, 0.15) is 55.4 Å². The van der Waals surface area contributed by atoms with Gasteiger partial charge in [0.1, 0.15) is 11.5 Å². The van der Waals surface area contributed by atoms with Crippen molar-refractivity contribution in [3.8, 4) is 0 Å². The number of nitrogens with zero attached hydrogens (tertiary/aromatic N) is 4. The second-order valence-electron chi connectivity index (χ2n) is 7.98. The molecule has 1 N–H and O–H groups in total. The lowest BCUT2D eigenvalue weighted by Crippen LogP contribution is -2.47. The van der Waals surface area contributed by atoms with E-state index in [0.29, 0.717) is 17.9 Å². The Morgan fingerprint density at radius 2 is 1.67 bits per heavy atom. The molecular weight excluding hydrogens is 342 g/mol. The molecule has 3 fully saturated rings. The topological polar surface area (TPSA) is 70.6 Å². The molecule has 1 aliphatic carbocycles. The Balaban J connectivity index is 1.20. The first-order chi connectivity index (χ1) is 13.2. The third-order valence-corrected chi connectivity index (χ3v) is 6.32. The van der Waals surface area contributed by atoms with E-state index in [2.05, 4.69) is 25.1 Å². The van der Waals surface area contributed by atoms with Crippen LogP contribution >= 0.6 is 0 Å². The number of ether oxygens (including phenoxy) is 1. The van der Waals surface area contributed by atoms with Gasteiger partial charge in [-0.3, -0.25) is 4.79 Å². The second-order valence-corrected chi connectivity index (χ2v) is 7.98. The maximum absolute atomic E-state index is 11.6. The summed E-state index contributed by atoms with van der Waals surface area (Å²) in [7, 11) is 1.60. The molecule has 148 valence electrons. The van der Waals surface area contributed by atoms with Gasteiger partial charge in [-0.1, -0.05) is 6.42 Å². The quantitative estimate of drug-likeness (QED) is 0.849. The zero-order valence-corrected chi connectivity index (χ0v) is 16.3. The number of rotatable bonds is 5. The van der Waals surface area contributed by atoms with E-state index in [1.54, 1.807) is 19.4 Å². The monoisotopic (exact) mass is 373 g/mol. The van der Waals surface area contributed by atoms with Crippen molar-refractivity contribution in [2.45, 2.75) is 63.2 Å². The van der Waals surface area contributed by atoms with Crippen LogP contribution < -0.4 is 10.2 Å². The minimum absolute atomic E-state index is 0.204. The average Bonchev–Trinajstić information content (AvgIpc) is 2.68. The molecule has 0 spiro atoms. The van der Waals surface area contributed by atoms with Gasteiger partial charge in [0.2, 0.25) is 0 Å². The standard InChI is InChI=1S/C20H31N5O2/c1-21-20(26)18-13-23-19(14-22-18)25-11-7-17(8-12-25)27-16-5-9-24(10-6-16)15-3-2-4-15/h13-17H,2-12H2,1H3,(H,21,26). The summed E-state index contributed by atoms with van der Waals surface area (Å²) in [5.41, 5.74) is 0.354. The SMILES string of the molecule is CNC(=O)c1cnc(N2CCC(OC3CCN(C4CCC4)CC3)CC2)cn1. The molecule has 1 saturated carbocycles. The predicted molar refractivity (Wildman–Crippen MR) is 104 cm³/mol. The number of piperidine rings is 2. The van der Waals surface area contributed by atoms with Crippen molar-refractivity contribution in [2.75, 3.05) is 38.1 Å². The fraction of sp³-hybridized carbons (Fsp3) is 0.750. The normalized spacial score (nSPS) is 23.2. The lowest BCUT2D eigenvalue weighted by Gasteiger charge is -2.42. The van der Waals surface area contributed by atoms with E-state index in [1.165, 1.54) is 45.2 Å². The van der Waals surface area contributed by atoms with E-state index in [1.807, 2.05) is 0 Å². The van der Waals surface area contributed by atoms with Crippen LogP contribution in [0, 0.1) is 0 Å². The lowest BCUT2D eigenvalue weighted by atomic mass is 9.89. The number of carbonyl (C=O) groups excluding carboxylic acids is 1. The molecule has 4 rings (SSSR count). The number of likely N-dealkylation sites (tertiary alicyclic amines) is 1. The third kappa shape index (κ3) is 4.41. The predicted octanol–water partition coefficient (Wildman–Crippen LogP) is 1.84. The second kappa shape index (κ2) is 8.52. The van der Waals surface area contributed by atoms with Crippen molar-refractivity contribution in [3.63, 3.8) is 0 Å². The molecule has 7 nitrogen and oxygen atoms in total. The maximum Gasteiger partial charge on any atom is 0.271 e. The molecule has 3 aliphatic rings. The molecule has 0 radical (unpaired) electrons. The molecule has 1 aromatic heterocycles. The van der Waals surface area contributed by atoms with Gasteiger partial charge in [0, 0.05) is 39.3 Å². The van der Waals surface area contributed by atoms with Crippen molar-refractivity contribution in [3.05, 3.63) is 18.1 Å². The highest BCUT2D eigenvalue weighted by Crippen LogP contribution is 2.29. The number of aromatic nitrogens is 2. The van der Waals surface area contributed by atoms with E-state index >= 15 is 0 Å². The van der Waals surface area contributed by atoms with Gasteiger partial charge < -0.3 is 19.9 Å². The summed E-state index contributed by atoms with van der Waals surface area (Å²) >= 11 is 0. The van der Waals surface area contributed by atoms with Gasteiger partial charge in [0.15, 0.2) is 0 Å². The van der Waals surface area contributed by atoms with Gasteiger partial charge in [-0.05, 0) is 38.5 Å². The zero-order chi connectivity index (χ0) is 18.6. The Kier molecular flexibility index (Phi) is 5.88. The van der Waals surface area contributed by atoms with Crippen LogP contribution in [-0.2, 0) is 4.74 Å². The van der Waals surface area contributed by atoms with E-state index in [-0.39, 0.29) is 5.91 Å². The number of hydrogen-bond donors (Lipinski definition) is 1. The molecule has 1 amide bonds. The molecule has 0 atom stereocenters. The van der Waals surface area contributed by atoms with Gasteiger partial charge in [-0.15, -0.1) is 0 Å². The number of carbonyl (C=O) groups is 1. The molecule has 0 bridgehead atoms.